The number of fused-ring (bicyclic) bond motifs is 1. The predicted octanol–water partition coefficient (Wildman–Crippen LogP) is 5.88. The van der Waals surface area contributed by atoms with Crippen LogP contribution in [0.3, 0.4) is 0 Å². The first-order chi connectivity index (χ1) is 14.6. The van der Waals surface area contributed by atoms with Crippen LogP contribution in [0.5, 0.6) is 5.75 Å². The van der Waals surface area contributed by atoms with Crippen molar-refractivity contribution in [2.45, 2.75) is 33.2 Å². The average Bonchev–Trinajstić information content (AvgIpc) is 3.04. The molecule has 1 aromatic heterocycles. The number of nitrogens with zero attached hydrogens (tertiary/aromatic N) is 1. The molecule has 0 spiro atoms. The van der Waals surface area contributed by atoms with Crippen molar-refractivity contribution in [3.05, 3.63) is 42.5 Å². The van der Waals surface area contributed by atoms with Gasteiger partial charge in [0.25, 0.3) is 0 Å². The Bertz CT molecular complexity index is 999. The van der Waals surface area contributed by atoms with Crippen molar-refractivity contribution in [3.8, 4) is 17.0 Å². The van der Waals surface area contributed by atoms with Crippen LogP contribution in [-0.2, 0) is 11.3 Å². The number of alkyl halides is 1. The van der Waals surface area contributed by atoms with Crippen LogP contribution in [0.25, 0.3) is 22.2 Å². The molecular formula is C23H28ClN3O3. The lowest BCUT2D eigenvalue weighted by molar-refractivity contribution is 0.161. The van der Waals surface area contributed by atoms with E-state index in [4.69, 9.17) is 26.8 Å². The van der Waals surface area contributed by atoms with Crippen LogP contribution >= 0.6 is 11.6 Å². The van der Waals surface area contributed by atoms with Gasteiger partial charge in [-0.25, -0.2) is 4.79 Å². The van der Waals surface area contributed by atoms with E-state index in [0.717, 1.165) is 53.0 Å². The molecule has 0 saturated heterocycles. The zero-order valence-corrected chi connectivity index (χ0v) is 18.2. The van der Waals surface area contributed by atoms with Crippen LogP contribution in [0.15, 0.2) is 42.5 Å². The Morgan fingerprint density at radius 3 is 2.57 bits per heavy atom. The van der Waals surface area contributed by atoms with Crippen molar-refractivity contribution < 1.29 is 14.3 Å². The van der Waals surface area contributed by atoms with E-state index in [1.54, 1.807) is 0 Å². The second-order valence-corrected chi connectivity index (χ2v) is 7.29. The molecule has 0 fully saturated rings. The highest BCUT2D eigenvalue weighted by molar-refractivity contribution is 6.17. The molecule has 1 amide bonds. The maximum absolute atomic E-state index is 11.7. The zero-order chi connectivity index (χ0) is 21.5. The molecule has 3 N–H and O–H groups in total. The highest BCUT2D eigenvalue weighted by Gasteiger charge is 2.17. The summed E-state index contributed by atoms with van der Waals surface area (Å²) in [5, 5.41) is 3.72. The molecule has 6 nitrogen and oxygen atoms in total. The second-order valence-electron chi connectivity index (χ2n) is 6.91. The van der Waals surface area contributed by atoms with Gasteiger partial charge in [0.2, 0.25) is 0 Å². The van der Waals surface area contributed by atoms with Gasteiger partial charge in [0, 0.05) is 35.1 Å². The van der Waals surface area contributed by atoms with Crippen molar-refractivity contribution in [1.82, 2.24) is 4.57 Å². The molecular weight excluding hydrogens is 402 g/mol. The molecule has 2 aromatic carbocycles. The molecule has 7 heteroatoms. The van der Waals surface area contributed by atoms with E-state index >= 15 is 0 Å². The van der Waals surface area contributed by atoms with Gasteiger partial charge in [-0.05, 0) is 44.0 Å². The Morgan fingerprint density at radius 1 is 1.13 bits per heavy atom. The van der Waals surface area contributed by atoms with E-state index < -0.39 is 6.09 Å². The number of nitrogens with two attached hydrogens (primary N) is 1. The highest BCUT2D eigenvalue weighted by Crippen LogP contribution is 2.38. The van der Waals surface area contributed by atoms with Gasteiger partial charge in [0.1, 0.15) is 5.75 Å². The lowest BCUT2D eigenvalue weighted by Gasteiger charge is -2.11. The molecule has 0 aliphatic rings. The third-order valence-corrected chi connectivity index (χ3v) is 5.05. The van der Waals surface area contributed by atoms with Gasteiger partial charge in [0.15, 0.2) is 0 Å². The predicted molar refractivity (Wildman–Crippen MR) is 124 cm³/mol. The van der Waals surface area contributed by atoms with Gasteiger partial charge in [-0.2, -0.15) is 0 Å². The monoisotopic (exact) mass is 429 g/mol. The number of ether oxygens (including phenoxy) is 2. The number of halogens is 1. The first-order valence-corrected chi connectivity index (χ1v) is 10.8. The normalized spacial score (nSPS) is 10.9. The fourth-order valence-electron chi connectivity index (χ4n) is 3.39. The quantitative estimate of drug-likeness (QED) is 0.329. The number of aromatic nitrogens is 1. The molecule has 0 bridgehead atoms. The summed E-state index contributed by atoms with van der Waals surface area (Å²) in [6, 6.07) is 13.5. The average molecular weight is 430 g/mol. The van der Waals surface area contributed by atoms with Crippen molar-refractivity contribution in [1.29, 1.82) is 0 Å². The van der Waals surface area contributed by atoms with Gasteiger partial charge >= 0.3 is 6.09 Å². The third kappa shape index (κ3) is 4.82. The Hall–Kier alpha value is -2.86. The van der Waals surface area contributed by atoms with Crippen LogP contribution < -0.4 is 15.8 Å². The molecule has 0 aliphatic heterocycles. The Balaban J connectivity index is 1.89. The number of carbonyl (C=O) groups excluding carboxylic acids is 1. The van der Waals surface area contributed by atoms with Crippen molar-refractivity contribution >= 4 is 40.0 Å². The first-order valence-electron chi connectivity index (χ1n) is 10.2. The smallest absolute Gasteiger partial charge is 0.411 e. The minimum absolute atomic E-state index is 0.397. The first kappa shape index (κ1) is 21.8. The number of hydrogen-bond acceptors (Lipinski definition) is 4. The van der Waals surface area contributed by atoms with Crippen molar-refractivity contribution in [2.75, 3.05) is 30.1 Å². The molecule has 160 valence electrons. The molecule has 3 rings (SSSR count). The Morgan fingerprint density at radius 2 is 1.90 bits per heavy atom. The van der Waals surface area contributed by atoms with E-state index in [9.17, 15) is 4.79 Å². The number of aryl methyl sites for hydroxylation is 1. The standard InChI is InChI=1S/C23H28ClN3O3/c1-3-13-30-23(28)26-17-8-6-16(7-9-17)22-21(25)19-11-10-18(29-14-5-12-24)15-20(19)27(22)4-2/h6-11,15H,3-5,12-14,25H2,1-2H3,(H,26,28). The maximum Gasteiger partial charge on any atom is 0.411 e. The maximum atomic E-state index is 11.7. The molecule has 1 heterocycles. The number of nitrogen functional groups attached to an aromatic ring is 1. The lowest BCUT2D eigenvalue weighted by atomic mass is 10.1. The molecule has 0 saturated carbocycles. The summed E-state index contributed by atoms with van der Waals surface area (Å²) >= 11 is 5.73. The molecule has 30 heavy (non-hydrogen) atoms. The number of carbonyl (C=O) groups is 1. The van der Waals surface area contributed by atoms with E-state index in [-0.39, 0.29) is 0 Å². The summed E-state index contributed by atoms with van der Waals surface area (Å²) in [6.07, 6.45) is 1.13. The lowest BCUT2D eigenvalue weighted by Crippen LogP contribution is -2.13. The fraction of sp³-hybridized carbons (Fsp3) is 0.348. The zero-order valence-electron chi connectivity index (χ0n) is 17.4. The number of benzene rings is 2. The van der Waals surface area contributed by atoms with Gasteiger partial charge in [-0.1, -0.05) is 19.1 Å². The molecule has 0 unspecified atom stereocenters. The van der Waals surface area contributed by atoms with Gasteiger partial charge in [-0.3, -0.25) is 5.32 Å². The van der Waals surface area contributed by atoms with Gasteiger partial charge in [-0.15, -0.1) is 11.6 Å². The Kier molecular flexibility index (Phi) is 7.46. The van der Waals surface area contributed by atoms with E-state index in [1.807, 2.05) is 49.4 Å². The van der Waals surface area contributed by atoms with Crippen LogP contribution in [0.1, 0.15) is 26.7 Å². The minimum atomic E-state index is -0.450. The summed E-state index contributed by atoms with van der Waals surface area (Å²) in [7, 11) is 0. The largest absolute Gasteiger partial charge is 0.493 e. The summed E-state index contributed by atoms with van der Waals surface area (Å²) in [5.41, 5.74) is 10.9. The number of rotatable bonds is 9. The summed E-state index contributed by atoms with van der Waals surface area (Å²) < 4.78 is 13.0. The fourth-order valence-corrected chi connectivity index (χ4v) is 3.50. The Labute approximate surface area is 181 Å². The number of nitrogens with one attached hydrogen (secondary N) is 1. The topological polar surface area (TPSA) is 78.5 Å². The van der Waals surface area contributed by atoms with Gasteiger partial charge < -0.3 is 19.8 Å². The highest BCUT2D eigenvalue weighted by atomic mass is 35.5. The van der Waals surface area contributed by atoms with E-state index in [2.05, 4.69) is 16.8 Å². The van der Waals surface area contributed by atoms with E-state index in [0.29, 0.717) is 24.8 Å². The van der Waals surface area contributed by atoms with Crippen LogP contribution in [0, 0.1) is 0 Å². The number of hydrogen-bond donors (Lipinski definition) is 2. The summed E-state index contributed by atoms with van der Waals surface area (Å²) in [5.74, 6) is 1.38. The summed E-state index contributed by atoms with van der Waals surface area (Å²) in [6.45, 7) is 5.78. The third-order valence-electron chi connectivity index (χ3n) is 4.78. The van der Waals surface area contributed by atoms with Crippen molar-refractivity contribution in [3.63, 3.8) is 0 Å². The second kappa shape index (κ2) is 10.3. The molecule has 3 aromatic rings. The molecule has 0 aliphatic carbocycles. The SMILES string of the molecule is CCCOC(=O)Nc1ccc(-c2c(N)c3ccc(OCCCCl)cc3n2CC)cc1. The molecule has 0 radical (unpaired) electrons. The van der Waals surface area contributed by atoms with E-state index in [1.165, 1.54) is 0 Å². The number of amides is 1. The van der Waals surface area contributed by atoms with Crippen LogP contribution in [0.2, 0.25) is 0 Å². The number of anilines is 2. The summed E-state index contributed by atoms with van der Waals surface area (Å²) in [4.78, 5) is 11.7. The molecule has 0 atom stereocenters. The van der Waals surface area contributed by atoms with Crippen molar-refractivity contribution in [2.24, 2.45) is 0 Å². The van der Waals surface area contributed by atoms with Crippen LogP contribution in [0.4, 0.5) is 16.2 Å². The van der Waals surface area contributed by atoms with Gasteiger partial charge in [0.05, 0.1) is 30.1 Å². The minimum Gasteiger partial charge on any atom is -0.493 e. The van der Waals surface area contributed by atoms with Crippen LogP contribution in [-0.4, -0.2) is 29.8 Å².